The number of rotatable bonds is 7. The van der Waals surface area contributed by atoms with E-state index in [9.17, 15) is 4.79 Å². The number of imidazole rings is 1. The van der Waals surface area contributed by atoms with Crippen LogP contribution in [-0.2, 0) is 16.0 Å². The molecular formula is C14H19N3O2. The summed E-state index contributed by atoms with van der Waals surface area (Å²) in [6, 6.07) is 6.25. The van der Waals surface area contributed by atoms with Gasteiger partial charge in [0.1, 0.15) is 0 Å². The normalized spacial score (nSPS) is 10.8. The first-order valence-corrected chi connectivity index (χ1v) is 6.49. The number of esters is 1. The smallest absolute Gasteiger partial charge is 0.305 e. The molecule has 0 amide bonds. The van der Waals surface area contributed by atoms with Gasteiger partial charge in [0.05, 0.1) is 24.5 Å². The first-order chi connectivity index (χ1) is 9.29. The van der Waals surface area contributed by atoms with Crippen molar-refractivity contribution in [3.05, 3.63) is 30.1 Å². The molecule has 0 unspecified atom stereocenters. The van der Waals surface area contributed by atoms with Crippen LogP contribution >= 0.6 is 0 Å². The van der Waals surface area contributed by atoms with Crippen molar-refractivity contribution in [2.45, 2.75) is 19.3 Å². The molecule has 0 aliphatic rings. The zero-order valence-electron chi connectivity index (χ0n) is 11.1. The topological polar surface area (TPSA) is 67.0 Å². The van der Waals surface area contributed by atoms with Crippen molar-refractivity contribution in [3.63, 3.8) is 0 Å². The standard InChI is InChI=1S/C14H19N3O2/c1-19-14(18)3-2-7-15-8-6-11-4-5-12-13(9-11)17-10-16-12/h4-5,9-10,15H,2-3,6-8H2,1H3,(H,16,17). The van der Waals surface area contributed by atoms with Crippen LogP contribution in [0.15, 0.2) is 24.5 Å². The van der Waals surface area contributed by atoms with Crippen molar-refractivity contribution < 1.29 is 9.53 Å². The van der Waals surface area contributed by atoms with Gasteiger partial charge in [-0.25, -0.2) is 4.98 Å². The predicted octanol–water partition coefficient (Wildman–Crippen LogP) is 1.65. The van der Waals surface area contributed by atoms with E-state index in [2.05, 4.69) is 32.2 Å². The largest absolute Gasteiger partial charge is 0.469 e. The number of carbonyl (C=O) groups excluding carboxylic acids is 1. The lowest BCUT2D eigenvalue weighted by Gasteiger charge is -2.04. The summed E-state index contributed by atoms with van der Waals surface area (Å²) in [5.74, 6) is -0.147. The fourth-order valence-corrected chi connectivity index (χ4v) is 1.96. The van der Waals surface area contributed by atoms with Crippen LogP contribution in [0.1, 0.15) is 18.4 Å². The molecule has 0 atom stereocenters. The first-order valence-electron chi connectivity index (χ1n) is 6.49. The molecule has 0 fully saturated rings. The van der Waals surface area contributed by atoms with E-state index in [1.807, 2.05) is 6.07 Å². The van der Waals surface area contributed by atoms with Gasteiger partial charge in [0.25, 0.3) is 0 Å². The van der Waals surface area contributed by atoms with E-state index in [0.717, 1.165) is 37.0 Å². The number of benzene rings is 1. The van der Waals surface area contributed by atoms with E-state index in [-0.39, 0.29) is 5.97 Å². The molecule has 0 aliphatic heterocycles. The van der Waals surface area contributed by atoms with Crippen LogP contribution in [0, 0.1) is 0 Å². The summed E-state index contributed by atoms with van der Waals surface area (Å²) < 4.78 is 4.58. The van der Waals surface area contributed by atoms with Crippen LogP contribution in [0.5, 0.6) is 0 Å². The van der Waals surface area contributed by atoms with Gasteiger partial charge >= 0.3 is 5.97 Å². The SMILES string of the molecule is COC(=O)CCCNCCc1ccc2nc[nH]c2c1. The van der Waals surface area contributed by atoms with E-state index >= 15 is 0 Å². The van der Waals surface area contributed by atoms with Crippen molar-refractivity contribution in [2.24, 2.45) is 0 Å². The molecule has 0 aliphatic carbocycles. The first kappa shape index (κ1) is 13.5. The number of aromatic nitrogens is 2. The number of hydrogen-bond acceptors (Lipinski definition) is 4. The monoisotopic (exact) mass is 261 g/mol. The molecule has 5 heteroatoms. The Morgan fingerprint density at radius 1 is 1.42 bits per heavy atom. The van der Waals surface area contributed by atoms with Gasteiger partial charge in [-0.15, -0.1) is 0 Å². The summed E-state index contributed by atoms with van der Waals surface area (Å²) in [6.07, 6.45) is 3.96. The van der Waals surface area contributed by atoms with Crippen LogP contribution in [0.4, 0.5) is 0 Å². The highest BCUT2D eigenvalue weighted by Crippen LogP contribution is 2.11. The third kappa shape index (κ3) is 4.06. The minimum Gasteiger partial charge on any atom is -0.469 e. The highest BCUT2D eigenvalue weighted by molar-refractivity contribution is 5.75. The maximum absolute atomic E-state index is 10.9. The molecule has 19 heavy (non-hydrogen) atoms. The third-order valence-corrected chi connectivity index (χ3v) is 3.04. The molecule has 2 rings (SSSR count). The van der Waals surface area contributed by atoms with Gasteiger partial charge in [-0.2, -0.15) is 0 Å². The Balaban J connectivity index is 1.66. The Morgan fingerprint density at radius 3 is 3.16 bits per heavy atom. The minimum atomic E-state index is -0.147. The molecule has 0 saturated heterocycles. The number of nitrogens with one attached hydrogen (secondary N) is 2. The Morgan fingerprint density at radius 2 is 2.32 bits per heavy atom. The number of ether oxygens (including phenoxy) is 1. The van der Waals surface area contributed by atoms with E-state index in [0.29, 0.717) is 6.42 Å². The number of fused-ring (bicyclic) bond motifs is 1. The molecule has 5 nitrogen and oxygen atoms in total. The molecule has 0 radical (unpaired) electrons. The summed E-state index contributed by atoms with van der Waals surface area (Å²) >= 11 is 0. The predicted molar refractivity (Wildman–Crippen MR) is 73.9 cm³/mol. The number of hydrogen-bond donors (Lipinski definition) is 2. The zero-order valence-corrected chi connectivity index (χ0v) is 11.1. The Hall–Kier alpha value is -1.88. The van der Waals surface area contributed by atoms with E-state index in [1.54, 1.807) is 6.33 Å². The lowest BCUT2D eigenvalue weighted by molar-refractivity contribution is -0.140. The molecule has 2 aromatic rings. The van der Waals surface area contributed by atoms with Crippen molar-refractivity contribution in [1.29, 1.82) is 0 Å². The second kappa shape index (κ2) is 6.89. The van der Waals surface area contributed by atoms with Crippen LogP contribution in [0.2, 0.25) is 0 Å². The van der Waals surface area contributed by atoms with Crippen molar-refractivity contribution in [1.82, 2.24) is 15.3 Å². The summed E-state index contributed by atoms with van der Waals surface area (Å²) in [5, 5.41) is 3.32. The summed E-state index contributed by atoms with van der Waals surface area (Å²) in [6.45, 7) is 1.74. The summed E-state index contributed by atoms with van der Waals surface area (Å²) in [5.41, 5.74) is 3.34. The van der Waals surface area contributed by atoms with Crippen molar-refractivity contribution in [3.8, 4) is 0 Å². The molecule has 0 bridgehead atoms. The van der Waals surface area contributed by atoms with Crippen molar-refractivity contribution >= 4 is 17.0 Å². The van der Waals surface area contributed by atoms with Crippen molar-refractivity contribution in [2.75, 3.05) is 20.2 Å². The quantitative estimate of drug-likeness (QED) is 0.587. The highest BCUT2D eigenvalue weighted by atomic mass is 16.5. The molecule has 1 heterocycles. The van der Waals surface area contributed by atoms with Gasteiger partial charge < -0.3 is 15.0 Å². The Labute approximate surface area is 112 Å². The average molecular weight is 261 g/mol. The Bertz CT molecular complexity index is 536. The van der Waals surface area contributed by atoms with Gasteiger partial charge in [0.15, 0.2) is 0 Å². The lowest BCUT2D eigenvalue weighted by atomic mass is 10.1. The van der Waals surface area contributed by atoms with E-state index in [4.69, 9.17) is 0 Å². The second-order valence-corrected chi connectivity index (χ2v) is 4.43. The molecule has 1 aromatic carbocycles. The molecular weight excluding hydrogens is 242 g/mol. The highest BCUT2D eigenvalue weighted by Gasteiger charge is 2.00. The van der Waals surface area contributed by atoms with Crippen LogP contribution < -0.4 is 5.32 Å². The lowest BCUT2D eigenvalue weighted by Crippen LogP contribution is -2.19. The van der Waals surface area contributed by atoms with Crippen LogP contribution in [-0.4, -0.2) is 36.1 Å². The zero-order chi connectivity index (χ0) is 13.5. The van der Waals surface area contributed by atoms with Gasteiger partial charge in [-0.1, -0.05) is 6.07 Å². The number of aromatic amines is 1. The van der Waals surface area contributed by atoms with Gasteiger partial charge in [0, 0.05) is 6.42 Å². The number of H-pyrrole nitrogens is 1. The summed E-state index contributed by atoms with van der Waals surface area (Å²) in [4.78, 5) is 18.2. The van der Waals surface area contributed by atoms with Gasteiger partial charge in [0.2, 0.25) is 0 Å². The molecule has 102 valence electrons. The van der Waals surface area contributed by atoms with E-state index in [1.165, 1.54) is 12.7 Å². The number of carbonyl (C=O) groups is 1. The van der Waals surface area contributed by atoms with Crippen LogP contribution in [0.25, 0.3) is 11.0 Å². The number of methoxy groups -OCH3 is 1. The fourth-order valence-electron chi connectivity index (χ4n) is 1.96. The maximum atomic E-state index is 10.9. The van der Waals surface area contributed by atoms with E-state index < -0.39 is 0 Å². The van der Waals surface area contributed by atoms with Crippen LogP contribution in [0.3, 0.4) is 0 Å². The number of nitrogens with zero attached hydrogens (tertiary/aromatic N) is 1. The molecule has 1 aromatic heterocycles. The molecule has 0 spiro atoms. The Kier molecular flexibility index (Phi) is 4.92. The fraction of sp³-hybridized carbons (Fsp3) is 0.429. The minimum absolute atomic E-state index is 0.147. The summed E-state index contributed by atoms with van der Waals surface area (Å²) in [7, 11) is 1.42. The maximum Gasteiger partial charge on any atom is 0.305 e. The molecule has 2 N–H and O–H groups in total. The molecule has 0 saturated carbocycles. The average Bonchev–Trinajstić information content (AvgIpc) is 2.89. The second-order valence-electron chi connectivity index (χ2n) is 4.43. The third-order valence-electron chi connectivity index (χ3n) is 3.04. The van der Waals surface area contributed by atoms with Gasteiger partial charge in [-0.3, -0.25) is 4.79 Å². The van der Waals surface area contributed by atoms with Gasteiger partial charge in [-0.05, 0) is 43.6 Å².